The third-order valence-corrected chi connectivity index (χ3v) is 5.73. The topological polar surface area (TPSA) is 64.6 Å². The highest BCUT2D eigenvalue weighted by molar-refractivity contribution is 5.94. The predicted octanol–water partition coefficient (Wildman–Crippen LogP) is 2.93. The second kappa shape index (κ2) is 7.97. The number of nitrogens with zero attached hydrogens (tertiary/aromatic N) is 3. The van der Waals surface area contributed by atoms with Gasteiger partial charge < -0.3 is 14.4 Å². The Morgan fingerprint density at radius 2 is 2.18 bits per heavy atom. The Labute approximate surface area is 165 Å². The zero-order chi connectivity index (χ0) is 19.6. The summed E-state index contributed by atoms with van der Waals surface area (Å²) in [7, 11) is 0. The van der Waals surface area contributed by atoms with E-state index in [9.17, 15) is 4.79 Å². The first-order valence-electron chi connectivity index (χ1n) is 9.91. The Morgan fingerprint density at radius 1 is 1.32 bits per heavy atom. The Bertz CT molecular complexity index is 848. The molecule has 28 heavy (non-hydrogen) atoms. The van der Waals surface area contributed by atoms with E-state index in [1.54, 1.807) is 12.4 Å². The van der Waals surface area contributed by atoms with Gasteiger partial charge in [0.15, 0.2) is 0 Å². The van der Waals surface area contributed by atoms with Crippen molar-refractivity contribution in [2.24, 2.45) is 5.92 Å². The van der Waals surface area contributed by atoms with Crippen LogP contribution >= 0.6 is 0 Å². The second-order valence-electron chi connectivity index (χ2n) is 7.92. The molecule has 1 atom stereocenters. The molecule has 6 heteroatoms. The third kappa shape index (κ3) is 3.93. The summed E-state index contributed by atoms with van der Waals surface area (Å²) in [5.41, 5.74) is 3.42. The number of hydrogen-bond acceptors (Lipinski definition) is 5. The fraction of sp³-hybridized carbons (Fsp3) is 0.500. The minimum absolute atomic E-state index is 0.0397. The molecule has 1 spiro atoms. The van der Waals surface area contributed by atoms with Crippen molar-refractivity contribution >= 4 is 5.91 Å². The number of pyridine rings is 2. The van der Waals surface area contributed by atoms with Crippen LogP contribution < -0.4 is 0 Å². The van der Waals surface area contributed by atoms with E-state index in [1.165, 1.54) is 0 Å². The molecule has 2 aliphatic rings. The van der Waals surface area contributed by atoms with Crippen molar-refractivity contribution in [1.29, 1.82) is 0 Å². The van der Waals surface area contributed by atoms with Crippen molar-refractivity contribution < 1.29 is 14.3 Å². The van der Waals surface area contributed by atoms with E-state index in [4.69, 9.17) is 9.47 Å². The fourth-order valence-electron chi connectivity index (χ4n) is 4.22. The van der Waals surface area contributed by atoms with Crippen LogP contribution in [0.5, 0.6) is 0 Å². The molecule has 4 rings (SSSR count). The maximum atomic E-state index is 12.7. The Kier molecular flexibility index (Phi) is 5.42. The lowest BCUT2D eigenvalue weighted by atomic mass is 9.79. The van der Waals surface area contributed by atoms with Crippen molar-refractivity contribution in [3.8, 4) is 0 Å². The summed E-state index contributed by atoms with van der Waals surface area (Å²) in [6.45, 7) is 7.23. The largest absolute Gasteiger partial charge is 0.375 e. The quantitative estimate of drug-likeness (QED) is 0.720. The van der Waals surface area contributed by atoms with Gasteiger partial charge in [-0.1, -0.05) is 6.07 Å². The zero-order valence-electron chi connectivity index (χ0n) is 16.6. The maximum Gasteiger partial charge on any atom is 0.255 e. The van der Waals surface area contributed by atoms with Gasteiger partial charge in [-0.05, 0) is 56.4 Å². The number of aromatic nitrogens is 2. The van der Waals surface area contributed by atoms with Gasteiger partial charge in [0.2, 0.25) is 0 Å². The molecule has 4 heterocycles. The molecule has 2 fully saturated rings. The van der Waals surface area contributed by atoms with Crippen molar-refractivity contribution in [2.75, 3.05) is 26.3 Å². The zero-order valence-corrected chi connectivity index (χ0v) is 16.6. The van der Waals surface area contributed by atoms with Crippen molar-refractivity contribution in [1.82, 2.24) is 14.9 Å². The molecule has 2 saturated heterocycles. The molecule has 2 aromatic rings. The molecule has 6 nitrogen and oxygen atoms in total. The number of likely N-dealkylation sites (tertiary alicyclic amines) is 1. The first kappa shape index (κ1) is 19.0. The molecule has 2 aromatic heterocycles. The minimum Gasteiger partial charge on any atom is -0.375 e. The highest BCUT2D eigenvalue weighted by Gasteiger charge is 2.54. The predicted molar refractivity (Wildman–Crippen MR) is 105 cm³/mol. The van der Waals surface area contributed by atoms with Crippen LogP contribution in [0.2, 0.25) is 0 Å². The van der Waals surface area contributed by atoms with Gasteiger partial charge in [-0.15, -0.1) is 0 Å². The van der Waals surface area contributed by atoms with Crippen LogP contribution in [0.3, 0.4) is 0 Å². The molecular weight excluding hydrogens is 354 g/mol. The van der Waals surface area contributed by atoms with E-state index < -0.39 is 0 Å². The van der Waals surface area contributed by atoms with Crippen LogP contribution in [0, 0.1) is 19.8 Å². The average molecular weight is 381 g/mol. The molecule has 1 amide bonds. The summed E-state index contributed by atoms with van der Waals surface area (Å²) in [5.74, 6) is 0.468. The number of ether oxygens (including phenoxy) is 2. The average Bonchev–Trinajstić information content (AvgIpc) is 3.07. The van der Waals surface area contributed by atoms with Gasteiger partial charge in [0.25, 0.3) is 5.91 Å². The van der Waals surface area contributed by atoms with Crippen LogP contribution in [0.4, 0.5) is 0 Å². The van der Waals surface area contributed by atoms with E-state index in [2.05, 4.69) is 9.97 Å². The standard InChI is InChI=1S/C22H27N3O3/c1-16-10-18(12-23-11-16)21(26)25-14-22(15-25)19(7-9-28-22)6-8-27-13-20-5-3-4-17(2)24-20/h3-5,10-12,19H,6-9,13-15H2,1-2H3/t19-/m0/s1. The number of hydrogen-bond donors (Lipinski definition) is 0. The molecule has 0 bridgehead atoms. The van der Waals surface area contributed by atoms with Gasteiger partial charge in [0.1, 0.15) is 5.60 Å². The van der Waals surface area contributed by atoms with Crippen molar-refractivity contribution in [3.63, 3.8) is 0 Å². The number of carbonyl (C=O) groups is 1. The summed E-state index contributed by atoms with van der Waals surface area (Å²) >= 11 is 0. The lowest BCUT2D eigenvalue weighted by Crippen LogP contribution is -2.66. The molecule has 0 aromatic carbocycles. The first-order chi connectivity index (χ1) is 13.6. The van der Waals surface area contributed by atoms with E-state index in [-0.39, 0.29) is 11.5 Å². The summed E-state index contributed by atoms with van der Waals surface area (Å²) in [5, 5.41) is 0. The van der Waals surface area contributed by atoms with Gasteiger partial charge in [0.05, 0.1) is 31.0 Å². The number of aryl methyl sites for hydroxylation is 2. The Hall–Kier alpha value is -2.31. The second-order valence-corrected chi connectivity index (χ2v) is 7.92. The molecule has 2 aliphatic heterocycles. The van der Waals surface area contributed by atoms with Crippen LogP contribution in [-0.4, -0.2) is 52.7 Å². The summed E-state index contributed by atoms with van der Waals surface area (Å²) in [6, 6.07) is 7.87. The highest BCUT2D eigenvalue weighted by atomic mass is 16.5. The van der Waals surface area contributed by atoms with Crippen LogP contribution in [-0.2, 0) is 16.1 Å². The Balaban J connectivity index is 1.27. The Morgan fingerprint density at radius 3 is 2.96 bits per heavy atom. The van der Waals surface area contributed by atoms with Crippen LogP contribution in [0.25, 0.3) is 0 Å². The van der Waals surface area contributed by atoms with Crippen LogP contribution in [0.1, 0.15) is 40.2 Å². The normalized spacial score (nSPS) is 20.4. The monoisotopic (exact) mass is 381 g/mol. The van der Waals surface area contributed by atoms with E-state index in [0.29, 0.717) is 37.8 Å². The first-order valence-corrected chi connectivity index (χ1v) is 9.91. The van der Waals surface area contributed by atoms with E-state index >= 15 is 0 Å². The molecule has 0 saturated carbocycles. The van der Waals surface area contributed by atoms with Gasteiger partial charge in [-0.3, -0.25) is 14.8 Å². The number of rotatable bonds is 6. The number of amides is 1. The number of carbonyl (C=O) groups excluding carboxylic acids is 1. The van der Waals surface area contributed by atoms with Gasteiger partial charge >= 0.3 is 0 Å². The van der Waals surface area contributed by atoms with E-state index in [0.717, 1.165) is 36.4 Å². The van der Waals surface area contributed by atoms with Crippen LogP contribution in [0.15, 0.2) is 36.7 Å². The maximum absolute atomic E-state index is 12.7. The summed E-state index contributed by atoms with van der Waals surface area (Å²) < 4.78 is 11.9. The van der Waals surface area contributed by atoms with Crippen molar-refractivity contribution in [3.05, 3.63) is 59.2 Å². The molecule has 0 radical (unpaired) electrons. The highest BCUT2D eigenvalue weighted by Crippen LogP contribution is 2.42. The molecule has 0 N–H and O–H groups in total. The fourth-order valence-corrected chi connectivity index (χ4v) is 4.22. The summed E-state index contributed by atoms with van der Waals surface area (Å²) in [4.78, 5) is 23.1. The van der Waals surface area contributed by atoms with Gasteiger partial charge in [-0.2, -0.15) is 0 Å². The third-order valence-electron chi connectivity index (χ3n) is 5.73. The molecule has 0 aliphatic carbocycles. The van der Waals surface area contributed by atoms with Gasteiger partial charge in [0, 0.05) is 31.3 Å². The lowest BCUT2D eigenvalue weighted by Gasteiger charge is -2.50. The molecular formula is C22H27N3O3. The SMILES string of the molecule is Cc1cncc(C(=O)N2CC3(C2)OCC[C@@H]3CCOCc2cccc(C)n2)c1. The smallest absolute Gasteiger partial charge is 0.255 e. The van der Waals surface area contributed by atoms with Crippen molar-refractivity contribution in [2.45, 2.75) is 38.9 Å². The molecule has 0 unspecified atom stereocenters. The summed E-state index contributed by atoms with van der Waals surface area (Å²) in [6.07, 6.45) is 5.37. The van der Waals surface area contributed by atoms with E-state index in [1.807, 2.05) is 43.0 Å². The van der Waals surface area contributed by atoms with Gasteiger partial charge in [-0.25, -0.2) is 0 Å². The lowest BCUT2D eigenvalue weighted by molar-refractivity contribution is -0.120. The molecule has 148 valence electrons. The minimum atomic E-state index is -0.197.